The molecule has 0 aliphatic carbocycles. The summed E-state index contributed by atoms with van der Waals surface area (Å²) in [5.74, 6) is 1.73. The minimum Gasteiger partial charge on any atom is -0.374 e. The van der Waals surface area contributed by atoms with Crippen LogP contribution < -0.4 is 10.6 Å². The van der Waals surface area contributed by atoms with Crippen LogP contribution in [0.25, 0.3) is 0 Å². The second-order valence-corrected chi connectivity index (χ2v) is 7.65. The van der Waals surface area contributed by atoms with Gasteiger partial charge in [0.05, 0.1) is 18.6 Å². The number of nitrogens with zero attached hydrogens (tertiary/aromatic N) is 2. The summed E-state index contributed by atoms with van der Waals surface area (Å²) in [6, 6.07) is 6.14. The summed E-state index contributed by atoms with van der Waals surface area (Å²) in [6.45, 7) is 3.11. The Morgan fingerprint density at radius 3 is 2.59 bits per heavy atom. The summed E-state index contributed by atoms with van der Waals surface area (Å²) in [5.41, 5.74) is 0.678. The lowest BCUT2D eigenvalue weighted by Crippen LogP contribution is -2.44. The quantitative estimate of drug-likeness (QED) is 0.461. The fourth-order valence-corrected chi connectivity index (χ4v) is 4.74. The Bertz CT molecular complexity index is 708. The van der Waals surface area contributed by atoms with Crippen LogP contribution in [0.2, 0.25) is 0 Å². The predicted molar refractivity (Wildman–Crippen MR) is 101 cm³/mol. The van der Waals surface area contributed by atoms with Gasteiger partial charge in [0.15, 0.2) is 5.96 Å². The Balaban J connectivity index is 1.19. The highest BCUT2D eigenvalue weighted by atomic mass is 19.1. The summed E-state index contributed by atoms with van der Waals surface area (Å²) in [6.07, 6.45) is 3.45. The number of carbonyl (C=O) groups excluding carboxylic acids is 1. The molecular weight excluding hydrogens is 347 g/mol. The summed E-state index contributed by atoms with van der Waals surface area (Å²) < 4.78 is 19.2. The first kappa shape index (κ1) is 18.2. The number of aliphatic imine (C=N–C) groups is 1. The molecule has 27 heavy (non-hydrogen) atoms. The van der Waals surface area contributed by atoms with E-state index in [0.717, 1.165) is 19.0 Å². The number of benzene rings is 1. The van der Waals surface area contributed by atoms with Gasteiger partial charge in [0.25, 0.3) is 0 Å². The summed E-state index contributed by atoms with van der Waals surface area (Å²) in [5, 5.41) is 6.21. The van der Waals surface area contributed by atoms with E-state index in [1.807, 2.05) is 0 Å². The molecule has 4 atom stereocenters. The van der Waals surface area contributed by atoms with Crippen molar-refractivity contribution in [2.24, 2.45) is 16.8 Å². The molecule has 6 nitrogen and oxygen atoms in total. The minimum absolute atomic E-state index is 0.109. The SMILES string of the molecule is CN=C(NCCNC(=O)Cc1cccc(F)c1)N1CC2C3CCC(O3)C2C1. The van der Waals surface area contributed by atoms with Gasteiger partial charge in [-0.15, -0.1) is 0 Å². The molecule has 0 spiro atoms. The van der Waals surface area contributed by atoms with E-state index in [-0.39, 0.29) is 18.1 Å². The van der Waals surface area contributed by atoms with Crippen LogP contribution in [0.15, 0.2) is 29.3 Å². The molecule has 7 heteroatoms. The van der Waals surface area contributed by atoms with E-state index in [0.29, 0.717) is 42.7 Å². The van der Waals surface area contributed by atoms with Crippen LogP contribution in [-0.2, 0) is 16.0 Å². The van der Waals surface area contributed by atoms with Crippen LogP contribution in [0.3, 0.4) is 0 Å². The average Bonchev–Trinajstić information content (AvgIpc) is 3.35. The Morgan fingerprint density at radius 1 is 1.22 bits per heavy atom. The molecule has 0 aromatic heterocycles. The molecule has 2 bridgehead atoms. The molecule has 1 aromatic carbocycles. The van der Waals surface area contributed by atoms with Crippen molar-refractivity contribution in [3.63, 3.8) is 0 Å². The lowest BCUT2D eigenvalue weighted by molar-refractivity contribution is -0.120. The van der Waals surface area contributed by atoms with Gasteiger partial charge in [0.2, 0.25) is 5.91 Å². The molecule has 4 rings (SSSR count). The van der Waals surface area contributed by atoms with Crippen molar-refractivity contribution in [2.75, 3.05) is 33.2 Å². The van der Waals surface area contributed by atoms with Gasteiger partial charge in [-0.2, -0.15) is 0 Å². The van der Waals surface area contributed by atoms with Crippen molar-refractivity contribution in [1.29, 1.82) is 0 Å². The average molecular weight is 374 g/mol. The molecule has 3 aliphatic rings. The first-order chi connectivity index (χ1) is 13.1. The smallest absolute Gasteiger partial charge is 0.224 e. The monoisotopic (exact) mass is 374 g/mol. The van der Waals surface area contributed by atoms with E-state index in [1.165, 1.54) is 25.0 Å². The number of likely N-dealkylation sites (tertiary alicyclic amines) is 1. The highest BCUT2D eigenvalue weighted by Crippen LogP contribution is 2.47. The van der Waals surface area contributed by atoms with Crippen molar-refractivity contribution in [3.8, 4) is 0 Å². The molecule has 3 heterocycles. The van der Waals surface area contributed by atoms with Gasteiger partial charge in [-0.05, 0) is 30.5 Å². The van der Waals surface area contributed by atoms with Crippen molar-refractivity contribution >= 4 is 11.9 Å². The number of fused-ring (bicyclic) bond motifs is 5. The van der Waals surface area contributed by atoms with Gasteiger partial charge < -0.3 is 20.3 Å². The van der Waals surface area contributed by atoms with Gasteiger partial charge in [-0.25, -0.2) is 4.39 Å². The lowest BCUT2D eigenvalue weighted by atomic mass is 9.82. The third-order valence-corrected chi connectivity index (χ3v) is 5.95. The Kier molecular flexibility index (Phi) is 5.29. The Hall–Kier alpha value is -2.15. The van der Waals surface area contributed by atoms with Gasteiger partial charge in [-0.1, -0.05) is 12.1 Å². The van der Waals surface area contributed by atoms with E-state index in [1.54, 1.807) is 19.2 Å². The van der Waals surface area contributed by atoms with Crippen LogP contribution in [0.1, 0.15) is 18.4 Å². The molecule has 0 radical (unpaired) electrons. The molecule has 0 saturated carbocycles. The van der Waals surface area contributed by atoms with Crippen LogP contribution >= 0.6 is 0 Å². The van der Waals surface area contributed by atoms with E-state index < -0.39 is 0 Å². The fourth-order valence-electron chi connectivity index (χ4n) is 4.74. The third-order valence-electron chi connectivity index (χ3n) is 5.95. The summed E-state index contributed by atoms with van der Waals surface area (Å²) in [7, 11) is 1.80. The Labute approximate surface area is 159 Å². The van der Waals surface area contributed by atoms with Crippen molar-refractivity contribution in [2.45, 2.75) is 31.5 Å². The highest BCUT2D eigenvalue weighted by Gasteiger charge is 2.53. The number of hydrogen-bond acceptors (Lipinski definition) is 3. The number of guanidine groups is 1. The van der Waals surface area contributed by atoms with Crippen LogP contribution in [-0.4, -0.2) is 62.2 Å². The van der Waals surface area contributed by atoms with E-state index in [9.17, 15) is 9.18 Å². The topological polar surface area (TPSA) is 66.0 Å². The minimum atomic E-state index is -0.319. The largest absolute Gasteiger partial charge is 0.374 e. The number of carbonyl (C=O) groups is 1. The Morgan fingerprint density at radius 2 is 1.93 bits per heavy atom. The zero-order valence-corrected chi connectivity index (χ0v) is 15.7. The van der Waals surface area contributed by atoms with Crippen LogP contribution in [0.5, 0.6) is 0 Å². The molecule has 146 valence electrons. The fraction of sp³-hybridized carbons (Fsp3) is 0.600. The first-order valence-electron chi connectivity index (χ1n) is 9.76. The van der Waals surface area contributed by atoms with Gasteiger partial charge >= 0.3 is 0 Å². The van der Waals surface area contributed by atoms with Gasteiger partial charge in [0.1, 0.15) is 5.82 Å². The standard InChI is InChI=1S/C20H27FN4O2/c1-22-20(25-11-15-16(12-25)18-6-5-17(15)27-18)24-8-7-23-19(26)10-13-3-2-4-14(21)9-13/h2-4,9,15-18H,5-8,10-12H2,1H3,(H,22,24)(H,23,26). The molecule has 1 amide bonds. The highest BCUT2D eigenvalue weighted by molar-refractivity contribution is 5.81. The molecule has 3 aliphatic heterocycles. The predicted octanol–water partition coefficient (Wildman–Crippen LogP) is 1.17. The van der Waals surface area contributed by atoms with Crippen LogP contribution in [0.4, 0.5) is 4.39 Å². The number of halogens is 1. The molecule has 4 unspecified atom stereocenters. The number of nitrogens with one attached hydrogen (secondary N) is 2. The van der Waals surface area contributed by atoms with E-state index in [2.05, 4.69) is 20.5 Å². The normalized spacial score (nSPS) is 29.1. The molecule has 2 N–H and O–H groups in total. The summed E-state index contributed by atoms with van der Waals surface area (Å²) >= 11 is 0. The number of rotatable bonds is 5. The maximum absolute atomic E-state index is 13.2. The third kappa shape index (κ3) is 3.93. The van der Waals surface area contributed by atoms with E-state index in [4.69, 9.17) is 4.74 Å². The molecule has 3 fully saturated rings. The maximum atomic E-state index is 13.2. The van der Waals surface area contributed by atoms with Gasteiger partial charge in [-0.3, -0.25) is 9.79 Å². The number of ether oxygens (including phenoxy) is 1. The number of hydrogen-bond donors (Lipinski definition) is 2. The van der Waals surface area contributed by atoms with Crippen molar-refractivity contribution < 1.29 is 13.9 Å². The summed E-state index contributed by atoms with van der Waals surface area (Å²) in [4.78, 5) is 18.7. The number of amides is 1. The molecule has 1 aromatic rings. The second-order valence-electron chi connectivity index (χ2n) is 7.65. The maximum Gasteiger partial charge on any atom is 0.224 e. The lowest BCUT2D eigenvalue weighted by Gasteiger charge is -2.23. The first-order valence-corrected chi connectivity index (χ1v) is 9.76. The van der Waals surface area contributed by atoms with Crippen molar-refractivity contribution in [3.05, 3.63) is 35.6 Å². The zero-order valence-electron chi connectivity index (χ0n) is 15.7. The van der Waals surface area contributed by atoms with Crippen LogP contribution in [0, 0.1) is 17.7 Å². The second kappa shape index (κ2) is 7.84. The molecular formula is C20H27FN4O2. The zero-order chi connectivity index (χ0) is 18.8. The van der Waals surface area contributed by atoms with E-state index >= 15 is 0 Å². The van der Waals surface area contributed by atoms with Gasteiger partial charge in [0, 0.05) is 45.1 Å². The van der Waals surface area contributed by atoms with Crippen molar-refractivity contribution in [1.82, 2.24) is 15.5 Å². The molecule has 3 saturated heterocycles.